The van der Waals surface area contributed by atoms with E-state index >= 15 is 0 Å². The second kappa shape index (κ2) is 5.27. The minimum absolute atomic E-state index is 0.0213. The largest absolute Gasteiger partial charge is 0.353 e. The predicted octanol–water partition coefficient (Wildman–Crippen LogP) is 2.44. The highest BCUT2D eigenvalue weighted by Crippen LogP contribution is 2.51. The van der Waals surface area contributed by atoms with Gasteiger partial charge in [0, 0.05) is 17.0 Å². The van der Waals surface area contributed by atoms with E-state index in [1.807, 2.05) is 39.0 Å². The van der Waals surface area contributed by atoms with Gasteiger partial charge in [-0.2, -0.15) is 0 Å². The fraction of sp³-hybridized carbons (Fsp3) is 0.524. The number of Topliss-reactive ketones (excluding diaryl/α,β-unsaturated/α-hetero) is 2. The molecule has 136 valence electrons. The molecule has 5 nitrogen and oxygen atoms in total. The van der Waals surface area contributed by atoms with Crippen LogP contribution in [-0.4, -0.2) is 42.7 Å². The molecule has 2 bridgehead atoms. The summed E-state index contributed by atoms with van der Waals surface area (Å²) < 4.78 is 11.4. The maximum atomic E-state index is 13.5. The Hall–Kier alpha value is -1.98. The third kappa shape index (κ3) is 2.04. The van der Waals surface area contributed by atoms with Crippen molar-refractivity contribution in [3.63, 3.8) is 0 Å². The highest BCUT2D eigenvalue weighted by molar-refractivity contribution is 5.98. The van der Waals surface area contributed by atoms with Crippen molar-refractivity contribution >= 4 is 23.3 Å². The van der Waals surface area contributed by atoms with Crippen LogP contribution in [0.25, 0.3) is 6.08 Å². The van der Waals surface area contributed by atoms with Gasteiger partial charge in [-0.15, -0.1) is 0 Å². The third-order valence-electron chi connectivity index (χ3n) is 6.16. The van der Waals surface area contributed by atoms with Gasteiger partial charge in [0.2, 0.25) is 6.29 Å². The van der Waals surface area contributed by atoms with E-state index in [4.69, 9.17) is 9.47 Å². The van der Waals surface area contributed by atoms with Crippen LogP contribution < -0.4 is 4.90 Å². The number of fused-ring (bicyclic) bond motifs is 8. The number of nitrogens with zero attached hydrogens (tertiary/aromatic N) is 1. The molecular formula is C21H23NO4. The zero-order chi connectivity index (χ0) is 18.2. The number of ketones is 2. The van der Waals surface area contributed by atoms with E-state index in [0.717, 1.165) is 11.3 Å². The van der Waals surface area contributed by atoms with Gasteiger partial charge in [-0.1, -0.05) is 51.1 Å². The number of benzene rings is 1. The predicted molar refractivity (Wildman–Crippen MR) is 96.6 cm³/mol. The molecule has 0 radical (unpaired) electrons. The summed E-state index contributed by atoms with van der Waals surface area (Å²) in [5.41, 5.74) is 1.62. The Morgan fingerprint density at radius 1 is 1.23 bits per heavy atom. The van der Waals surface area contributed by atoms with E-state index in [2.05, 4.69) is 23.1 Å². The van der Waals surface area contributed by atoms with Gasteiger partial charge in [0.05, 0.1) is 30.7 Å². The lowest BCUT2D eigenvalue weighted by Crippen LogP contribution is -2.51. The van der Waals surface area contributed by atoms with Crippen LogP contribution in [0.1, 0.15) is 26.3 Å². The molecule has 0 amide bonds. The van der Waals surface area contributed by atoms with Crippen molar-refractivity contribution in [2.24, 2.45) is 17.3 Å². The van der Waals surface area contributed by atoms with Crippen LogP contribution in [0.2, 0.25) is 0 Å². The van der Waals surface area contributed by atoms with E-state index in [1.165, 1.54) is 0 Å². The van der Waals surface area contributed by atoms with Crippen LogP contribution in [0.3, 0.4) is 0 Å². The molecule has 0 saturated carbocycles. The van der Waals surface area contributed by atoms with Gasteiger partial charge >= 0.3 is 0 Å². The second-order valence-electron chi connectivity index (χ2n) is 8.72. The fourth-order valence-corrected chi connectivity index (χ4v) is 5.02. The smallest absolute Gasteiger partial charge is 0.218 e. The number of ether oxygens (including phenoxy) is 2. The van der Waals surface area contributed by atoms with E-state index < -0.39 is 11.7 Å². The van der Waals surface area contributed by atoms with Crippen molar-refractivity contribution in [3.05, 3.63) is 35.9 Å². The average molecular weight is 353 g/mol. The van der Waals surface area contributed by atoms with Crippen molar-refractivity contribution in [2.75, 3.05) is 11.5 Å². The Morgan fingerprint density at radius 3 is 2.77 bits per heavy atom. The summed E-state index contributed by atoms with van der Waals surface area (Å²) in [6.45, 7) is 6.23. The zero-order valence-corrected chi connectivity index (χ0v) is 15.2. The first kappa shape index (κ1) is 16.2. The number of hydrogen-bond donors (Lipinski definition) is 0. The molecule has 0 spiro atoms. The van der Waals surface area contributed by atoms with Gasteiger partial charge < -0.3 is 14.4 Å². The summed E-state index contributed by atoms with van der Waals surface area (Å²) in [5, 5.41) is 0. The average Bonchev–Trinajstić information content (AvgIpc) is 3.19. The molecule has 4 heterocycles. The molecule has 5 rings (SSSR count). The minimum atomic E-state index is -0.767. The SMILES string of the molecule is CC(C)(C)C(=O)[C@H]1[C@@H]2[C@H](C(=O)[C@H]3OC[C@@H]2O3)[C@H]2C=Cc3ccccc3N21. The maximum absolute atomic E-state index is 13.5. The topological polar surface area (TPSA) is 55.8 Å². The Kier molecular flexibility index (Phi) is 3.29. The first-order valence-corrected chi connectivity index (χ1v) is 9.28. The normalized spacial score (nSPS) is 37.3. The number of carbonyl (C=O) groups excluding carboxylic acids is 2. The van der Waals surface area contributed by atoms with Gasteiger partial charge in [-0.05, 0) is 11.6 Å². The van der Waals surface area contributed by atoms with E-state index in [1.54, 1.807) is 0 Å². The van der Waals surface area contributed by atoms with Crippen LogP contribution in [0.4, 0.5) is 5.69 Å². The zero-order valence-electron chi connectivity index (χ0n) is 15.2. The molecule has 1 aromatic rings. The summed E-state index contributed by atoms with van der Waals surface area (Å²) in [6, 6.07) is 7.59. The maximum Gasteiger partial charge on any atom is 0.218 e. The molecule has 6 atom stereocenters. The Balaban J connectivity index is 1.69. The first-order chi connectivity index (χ1) is 12.4. The van der Waals surface area contributed by atoms with Gasteiger partial charge in [-0.3, -0.25) is 9.59 Å². The molecule has 4 aliphatic heterocycles. The van der Waals surface area contributed by atoms with Crippen LogP contribution in [0.5, 0.6) is 0 Å². The van der Waals surface area contributed by atoms with Gasteiger partial charge in [0.15, 0.2) is 11.6 Å². The van der Waals surface area contributed by atoms with Crippen LogP contribution >= 0.6 is 0 Å². The molecular weight excluding hydrogens is 330 g/mol. The summed E-state index contributed by atoms with van der Waals surface area (Å²) in [5.74, 6) is -0.301. The molecule has 3 fully saturated rings. The van der Waals surface area contributed by atoms with E-state index in [-0.39, 0.29) is 41.6 Å². The molecule has 5 heteroatoms. The lowest BCUT2D eigenvalue weighted by atomic mass is 9.74. The van der Waals surface area contributed by atoms with Crippen molar-refractivity contribution in [1.29, 1.82) is 0 Å². The number of carbonyl (C=O) groups is 2. The molecule has 0 aromatic heterocycles. The molecule has 4 aliphatic rings. The van der Waals surface area contributed by atoms with Crippen LogP contribution in [0.15, 0.2) is 30.3 Å². The molecule has 0 N–H and O–H groups in total. The molecule has 0 aliphatic carbocycles. The minimum Gasteiger partial charge on any atom is -0.353 e. The Bertz CT molecular complexity index is 824. The second-order valence-corrected chi connectivity index (χ2v) is 8.72. The number of anilines is 1. The van der Waals surface area contributed by atoms with Crippen molar-refractivity contribution in [2.45, 2.75) is 45.2 Å². The molecule has 0 unspecified atom stereocenters. The van der Waals surface area contributed by atoms with Crippen molar-refractivity contribution in [3.8, 4) is 0 Å². The summed E-state index contributed by atoms with van der Waals surface area (Å²) in [7, 11) is 0. The van der Waals surface area contributed by atoms with Gasteiger partial charge in [0.25, 0.3) is 0 Å². The number of para-hydroxylation sites is 1. The highest BCUT2D eigenvalue weighted by Gasteiger charge is 2.64. The summed E-state index contributed by atoms with van der Waals surface area (Å²) in [4.78, 5) is 28.7. The highest BCUT2D eigenvalue weighted by atomic mass is 16.7. The lowest BCUT2D eigenvalue weighted by molar-refractivity contribution is -0.164. The number of hydrogen-bond acceptors (Lipinski definition) is 5. The van der Waals surface area contributed by atoms with Crippen molar-refractivity contribution in [1.82, 2.24) is 0 Å². The van der Waals surface area contributed by atoms with E-state index in [9.17, 15) is 9.59 Å². The standard InChI is InChI=1S/C21H23NO4/c1-21(2,3)19(24)17-16-14-10-25-20(26-14)18(23)15(16)13-9-8-11-6-4-5-7-12(11)22(13)17/h4-9,13-17,20H,10H2,1-3H3/t13-,14+,15-,16+,17-,20+/m1/s1. The fourth-order valence-electron chi connectivity index (χ4n) is 5.02. The lowest BCUT2D eigenvalue weighted by Gasteiger charge is -2.38. The van der Waals surface area contributed by atoms with Crippen LogP contribution in [-0.2, 0) is 19.1 Å². The Morgan fingerprint density at radius 2 is 2.00 bits per heavy atom. The van der Waals surface area contributed by atoms with Crippen molar-refractivity contribution < 1.29 is 19.1 Å². The van der Waals surface area contributed by atoms with Gasteiger partial charge in [-0.25, -0.2) is 0 Å². The first-order valence-electron chi connectivity index (χ1n) is 9.28. The molecule has 26 heavy (non-hydrogen) atoms. The summed E-state index contributed by atoms with van der Waals surface area (Å²) >= 11 is 0. The van der Waals surface area contributed by atoms with Crippen LogP contribution in [0, 0.1) is 17.3 Å². The van der Waals surface area contributed by atoms with E-state index in [0.29, 0.717) is 6.61 Å². The van der Waals surface area contributed by atoms with Gasteiger partial charge in [0.1, 0.15) is 0 Å². The summed E-state index contributed by atoms with van der Waals surface area (Å²) in [6.07, 6.45) is 3.18. The quantitative estimate of drug-likeness (QED) is 0.776. The molecule has 1 aromatic carbocycles. The molecule has 3 saturated heterocycles. The number of rotatable bonds is 1. The monoisotopic (exact) mass is 353 g/mol. The third-order valence-corrected chi connectivity index (χ3v) is 6.16. The Labute approximate surface area is 153 Å².